The second-order valence-electron chi connectivity index (χ2n) is 9.84. The van der Waals surface area contributed by atoms with Crippen LogP contribution in [0.1, 0.15) is 86.9 Å². The quantitative estimate of drug-likeness (QED) is 0.447. The molecule has 0 spiro atoms. The molecule has 184 valence electrons. The Labute approximate surface area is 207 Å². The zero-order chi connectivity index (χ0) is 23.9. The van der Waals surface area contributed by atoms with Crippen molar-refractivity contribution >= 4 is 0 Å². The summed E-state index contributed by atoms with van der Waals surface area (Å²) in [6, 6.07) is 8.62. The Morgan fingerprint density at radius 2 is 1.94 bits per heavy atom. The highest BCUT2D eigenvalue weighted by Crippen LogP contribution is 2.31. The summed E-state index contributed by atoms with van der Waals surface area (Å²) in [6.45, 7) is 3.16. The van der Waals surface area contributed by atoms with Gasteiger partial charge < -0.3 is 5.32 Å². The number of nitrogens with zero attached hydrogens (tertiary/aromatic N) is 6. The maximum absolute atomic E-state index is 5.00. The van der Waals surface area contributed by atoms with Crippen molar-refractivity contribution in [1.29, 1.82) is 0 Å². The lowest BCUT2D eigenvalue weighted by Crippen LogP contribution is -2.40. The highest BCUT2D eigenvalue weighted by atomic mass is 15.5. The SMILES string of the molecule is CCCCn1nc(CCC2CCCCC2)nc1Cc1ccc(C2(c3nn[nH]n3)C=CC=CN2)cc1. The van der Waals surface area contributed by atoms with Gasteiger partial charge in [-0.15, -0.1) is 10.2 Å². The van der Waals surface area contributed by atoms with E-state index >= 15 is 0 Å². The van der Waals surface area contributed by atoms with Crippen molar-refractivity contribution in [2.75, 3.05) is 0 Å². The lowest BCUT2D eigenvalue weighted by atomic mass is 9.86. The van der Waals surface area contributed by atoms with Gasteiger partial charge in [0.05, 0.1) is 0 Å². The molecule has 1 aliphatic heterocycles. The Hall–Kier alpha value is -3.29. The van der Waals surface area contributed by atoms with Crippen LogP contribution in [0.25, 0.3) is 0 Å². The van der Waals surface area contributed by atoms with Crippen molar-refractivity contribution in [2.24, 2.45) is 5.92 Å². The standard InChI is InChI=1S/C27H36N8/c1-2-3-19-35-25(29-24(32-35)16-13-21-9-5-4-6-10-21)20-22-11-14-23(15-12-22)27(17-7-8-18-28-27)26-30-33-34-31-26/h7-8,11-12,14-15,17-18,21,28H,2-6,9-10,13,16,19-20H2,1H3,(H,30,31,33,34). The van der Waals surface area contributed by atoms with Gasteiger partial charge in [0.15, 0.2) is 5.82 Å². The molecular weight excluding hydrogens is 436 g/mol. The largest absolute Gasteiger partial charge is 0.372 e. The molecule has 0 radical (unpaired) electrons. The molecule has 0 bridgehead atoms. The minimum atomic E-state index is -0.631. The molecule has 35 heavy (non-hydrogen) atoms. The first kappa shape index (κ1) is 23.5. The molecule has 8 heteroatoms. The summed E-state index contributed by atoms with van der Waals surface area (Å²) in [5.41, 5.74) is 1.65. The predicted octanol–water partition coefficient (Wildman–Crippen LogP) is 4.61. The number of hydrogen-bond acceptors (Lipinski definition) is 6. The van der Waals surface area contributed by atoms with Gasteiger partial charge in [0.25, 0.3) is 0 Å². The minimum Gasteiger partial charge on any atom is -0.372 e. The molecule has 1 unspecified atom stereocenters. The summed E-state index contributed by atoms with van der Waals surface area (Å²) < 4.78 is 2.14. The van der Waals surface area contributed by atoms with Gasteiger partial charge in [-0.3, -0.25) is 0 Å². The van der Waals surface area contributed by atoms with E-state index in [-0.39, 0.29) is 0 Å². The summed E-state index contributed by atoms with van der Waals surface area (Å²) in [7, 11) is 0. The molecule has 2 N–H and O–H groups in total. The van der Waals surface area contributed by atoms with E-state index in [0.29, 0.717) is 5.82 Å². The van der Waals surface area contributed by atoms with Gasteiger partial charge in [-0.2, -0.15) is 10.3 Å². The summed E-state index contributed by atoms with van der Waals surface area (Å²) in [6.07, 6.45) is 20.1. The first-order valence-electron chi connectivity index (χ1n) is 13.1. The Balaban J connectivity index is 1.32. The Kier molecular flexibility index (Phi) is 7.35. The maximum Gasteiger partial charge on any atom is 0.208 e. The van der Waals surface area contributed by atoms with Gasteiger partial charge in [0.2, 0.25) is 5.82 Å². The van der Waals surface area contributed by atoms with E-state index in [1.165, 1.54) is 44.1 Å². The third-order valence-corrected chi connectivity index (χ3v) is 7.35. The van der Waals surface area contributed by atoms with Crippen LogP contribution < -0.4 is 5.32 Å². The molecule has 0 saturated heterocycles. The fraction of sp³-hybridized carbons (Fsp3) is 0.519. The molecule has 1 aliphatic carbocycles. The van der Waals surface area contributed by atoms with Crippen LogP contribution in [-0.2, 0) is 24.9 Å². The second kappa shape index (κ2) is 11.0. The summed E-state index contributed by atoms with van der Waals surface area (Å²) >= 11 is 0. The number of unbranched alkanes of at least 4 members (excludes halogenated alkanes) is 1. The zero-order valence-electron chi connectivity index (χ0n) is 20.7. The van der Waals surface area contributed by atoms with Crippen LogP contribution in [0, 0.1) is 5.92 Å². The monoisotopic (exact) mass is 472 g/mol. The average molecular weight is 473 g/mol. The van der Waals surface area contributed by atoms with Gasteiger partial charge in [-0.25, -0.2) is 9.67 Å². The third-order valence-electron chi connectivity index (χ3n) is 7.35. The molecule has 1 aromatic carbocycles. The fourth-order valence-electron chi connectivity index (χ4n) is 5.29. The number of hydrogen-bond donors (Lipinski definition) is 2. The van der Waals surface area contributed by atoms with Crippen LogP contribution in [0.5, 0.6) is 0 Å². The zero-order valence-corrected chi connectivity index (χ0v) is 20.7. The highest BCUT2D eigenvalue weighted by Gasteiger charge is 2.35. The summed E-state index contributed by atoms with van der Waals surface area (Å²) in [4.78, 5) is 5.00. The Morgan fingerprint density at radius 1 is 1.09 bits per heavy atom. The number of aryl methyl sites for hydroxylation is 2. The molecule has 3 aromatic rings. The lowest BCUT2D eigenvalue weighted by Gasteiger charge is -2.30. The van der Waals surface area contributed by atoms with Crippen molar-refractivity contribution in [1.82, 2.24) is 40.7 Å². The van der Waals surface area contributed by atoms with Crippen LogP contribution in [0.4, 0.5) is 0 Å². The number of H-pyrrole nitrogens is 1. The molecule has 0 amide bonds. The predicted molar refractivity (Wildman–Crippen MR) is 135 cm³/mol. The van der Waals surface area contributed by atoms with Gasteiger partial charge in [0.1, 0.15) is 11.4 Å². The number of rotatable bonds is 10. The molecular formula is C27H36N8. The van der Waals surface area contributed by atoms with Crippen molar-refractivity contribution in [2.45, 2.75) is 83.2 Å². The van der Waals surface area contributed by atoms with E-state index in [1.807, 2.05) is 18.4 Å². The van der Waals surface area contributed by atoms with Gasteiger partial charge in [0, 0.05) is 19.4 Å². The van der Waals surface area contributed by atoms with E-state index in [4.69, 9.17) is 10.1 Å². The van der Waals surface area contributed by atoms with Crippen LogP contribution in [-0.4, -0.2) is 35.4 Å². The minimum absolute atomic E-state index is 0.591. The van der Waals surface area contributed by atoms with E-state index in [0.717, 1.165) is 55.4 Å². The van der Waals surface area contributed by atoms with Crippen molar-refractivity contribution in [3.05, 3.63) is 77.3 Å². The average Bonchev–Trinajstić information content (AvgIpc) is 3.59. The number of aromatic amines is 1. The first-order chi connectivity index (χ1) is 17.3. The summed E-state index contributed by atoms with van der Waals surface area (Å²) in [5.74, 6) is 3.52. The summed E-state index contributed by atoms with van der Waals surface area (Å²) in [5, 5.41) is 23.2. The Bertz CT molecular complexity index is 1120. The Morgan fingerprint density at radius 3 is 2.66 bits per heavy atom. The molecule has 2 aliphatic rings. The van der Waals surface area contributed by atoms with Gasteiger partial charge in [-0.1, -0.05) is 81.0 Å². The van der Waals surface area contributed by atoms with Crippen LogP contribution in [0.3, 0.4) is 0 Å². The molecule has 3 heterocycles. The van der Waals surface area contributed by atoms with Crippen molar-refractivity contribution in [3.8, 4) is 0 Å². The van der Waals surface area contributed by atoms with Crippen LogP contribution in [0.15, 0.2) is 48.7 Å². The number of tetrazole rings is 1. The number of allylic oxidation sites excluding steroid dienone is 2. The molecule has 1 saturated carbocycles. The number of dihydropyridines is 1. The molecule has 2 aromatic heterocycles. The van der Waals surface area contributed by atoms with E-state index in [9.17, 15) is 0 Å². The smallest absolute Gasteiger partial charge is 0.208 e. The fourth-order valence-corrected chi connectivity index (χ4v) is 5.29. The third kappa shape index (κ3) is 5.36. The highest BCUT2D eigenvalue weighted by molar-refractivity contribution is 5.42. The van der Waals surface area contributed by atoms with E-state index in [2.05, 4.69) is 67.9 Å². The van der Waals surface area contributed by atoms with Crippen molar-refractivity contribution in [3.63, 3.8) is 0 Å². The van der Waals surface area contributed by atoms with Gasteiger partial charge in [-0.05, 0) is 48.2 Å². The number of nitrogens with one attached hydrogen (secondary N) is 2. The molecule has 1 fully saturated rings. The van der Waals surface area contributed by atoms with E-state index < -0.39 is 5.54 Å². The number of benzene rings is 1. The second-order valence-corrected chi connectivity index (χ2v) is 9.84. The normalized spacial score (nSPS) is 20.3. The maximum atomic E-state index is 5.00. The molecule has 1 atom stereocenters. The van der Waals surface area contributed by atoms with E-state index in [1.54, 1.807) is 0 Å². The number of aromatic nitrogens is 7. The molecule has 5 rings (SSSR count). The van der Waals surface area contributed by atoms with Crippen LogP contribution >= 0.6 is 0 Å². The lowest BCUT2D eigenvalue weighted by molar-refractivity contribution is 0.337. The molecule has 8 nitrogen and oxygen atoms in total. The van der Waals surface area contributed by atoms with Crippen LogP contribution in [0.2, 0.25) is 0 Å². The van der Waals surface area contributed by atoms with Gasteiger partial charge >= 0.3 is 0 Å². The first-order valence-corrected chi connectivity index (χ1v) is 13.1. The topological polar surface area (TPSA) is 97.2 Å². The van der Waals surface area contributed by atoms with Crippen molar-refractivity contribution < 1.29 is 0 Å².